The van der Waals surface area contributed by atoms with E-state index in [-0.39, 0.29) is 42.1 Å². The summed E-state index contributed by atoms with van der Waals surface area (Å²) < 4.78 is 5.73. The molecule has 1 saturated heterocycles. The Labute approximate surface area is 338 Å². The molecule has 1 aliphatic rings. The number of aliphatic hydroxyl groups excluding tert-OH is 1. The first-order valence-electron chi connectivity index (χ1n) is 19.6. The zero-order chi connectivity index (χ0) is 41.4. The number of piperidine rings is 1. The van der Waals surface area contributed by atoms with Crippen molar-refractivity contribution in [2.45, 2.75) is 51.9 Å². The number of hydrogen-bond donors (Lipinski definition) is 7. The van der Waals surface area contributed by atoms with E-state index in [1.165, 1.54) is 17.0 Å². The number of carbonyl (C=O) groups is 3. The number of urea groups is 1. The topological polar surface area (TPSA) is 188 Å². The summed E-state index contributed by atoms with van der Waals surface area (Å²) in [6.45, 7) is 6.70. The third-order valence-electron chi connectivity index (χ3n) is 9.75. The molecule has 0 spiro atoms. The van der Waals surface area contributed by atoms with Crippen molar-refractivity contribution in [2.75, 3.05) is 50.5 Å². The van der Waals surface area contributed by atoms with Crippen LogP contribution in [0.1, 0.15) is 50.3 Å². The number of phenols is 1. The number of rotatable bonds is 14. The molecule has 0 bridgehead atoms. The molecule has 4 amide bonds. The number of pyridine rings is 1. The molecule has 0 aliphatic carbocycles. The Morgan fingerprint density at radius 1 is 0.897 bits per heavy atom. The van der Waals surface area contributed by atoms with E-state index < -0.39 is 18.2 Å². The van der Waals surface area contributed by atoms with Crippen molar-refractivity contribution in [3.05, 3.63) is 125 Å². The fraction of sp³-hybridized carbons (Fsp3) is 0.318. The van der Waals surface area contributed by atoms with Gasteiger partial charge >= 0.3 is 12.1 Å². The monoisotopic (exact) mass is 791 g/mol. The molecule has 2 heterocycles. The summed E-state index contributed by atoms with van der Waals surface area (Å²) in [6.07, 6.45) is 0.0566. The summed E-state index contributed by atoms with van der Waals surface area (Å²) >= 11 is 0. The number of nitrogens with one attached hydrogen (secondary N) is 5. The number of anilines is 2. The molecule has 1 fully saturated rings. The lowest BCUT2D eigenvalue weighted by molar-refractivity contribution is -0.130. The van der Waals surface area contributed by atoms with Crippen LogP contribution in [0.5, 0.6) is 5.75 Å². The summed E-state index contributed by atoms with van der Waals surface area (Å²) in [4.78, 5) is 56.0. The highest BCUT2D eigenvalue weighted by molar-refractivity contribution is 5.92. The number of amides is 4. The maximum Gasteiger partial charge on any atom is 0.411 e. The third-order valence-corrected chi connectivity index (χ3v) is 9.75. The molecule has 1 aromatic heterocycles. The number of benzene rings is 4. The first kappa shape index (κ1) is 42.9. The van der Waals surface area contributed by atoms with Crippen molar-refractivity contribution < 1.29 is 29.3 Å². The van der Waals surface area contributed by atoms with E-state index in [0.717, 1.165) is 16.7 Å². The minimum atomic E-state index is -0.881. The molecular formula is C44H53N7O7. The minimum absolute atomic E-state index is 0.0415. The maximum absolute atomic E-state index is 12.8. The van der Waals surface area contributed by atoms with E-state index in [1.54, 1.807) is 31.3 Å². The smallest absolute Gasteiger partial charge is 0.411 e. The van der Waals surface area contributed by atoms with Crippen LogP contribution in [0.4, 0.5) is 21.0 Å². The first-order chi connectivity index (χ1) is 28.1. The molecule has 14 heteroatoms. The number of phenolic OH excluding ortho intramolecular Hbond substituents is 1. The molecule has 14 nitrogen and oxygen atoms in total. The summed E-state index contributed by atoms with van der Waals surface area (Å²) in [5, 5.41) is 33.0. The van der Waals surface area contributed by atoms with Gasteiger partial charge in [-0.05, 0) is 59.9 Å². The highest BCUT2D eigenvalue weighted by atomic mass is 16.6. The number of carbonyl (C=O) groups excluding carboxylic acids is 3. The average Bonchev–Trinajstić information content (AvgIpc) is 3.24. The summed E-state index contributed by atoms with van der Waals surface area (Å²) in [5.74, 6) is -0.169. The highest BCUT2D eigenvalue weighted by Gasteiger charge is 2.24. The molecule has 5 aromatic rings. The van der Waals surface area contributed by atoms with Crippen molar-refractivity contribution in [1.29, 1.82) is 0 Å². The van der Waals surface area contributed by atoms with E-state index in [0.29, 0.717) is 67.8 Å². The molecule has 1 aliphatic heterocycles. The number of aromatic nitrogens is 1. The normalized spacial score (nSPS) is 13.4. The Hall–Kier alpha value is -6.22. The number of aromatic hydroxyl groups is 1. The average molecular weight is 792 g/mol. The predicted octanol–water partition coefficient (Wildman–Crippen LogP) is 6.39. The molecule has 6 rings (SSSR count). The van der Waals surface area contributed by atoms with Gasteiger partial charge in [0.05, 0.1) is 24.0 Å². The number of ether oxygens (including phenoxy) is 1. The summed E-state index contributed by atoms with van der Waals surface area (Å²) in [7, 11) is 1.64. The highest BCUT2D eigenvalue weighted by Crippen LogP contribution is 2.29. The molecule has 4 aromatic carbocycles. The molecule has 0 saturated carbocycles. The third kappa shape index (κ3) is 12.1. The fourth-order valence-electron chi connectivity index (χ4n) is 6.62. The van der Waals surface area contributed by atoms with Crippen LogP contribution >= 0.6 is 0 Å². The van der Waals surface area contributed by atoms with Gasteiger partial charge in [0.15, 0.2) is 0 Å². The molecule has 306 valence electrons. The van der Waals surface area contributed by atoms with Crippen LogP contribution in [0.25, 0.3) is 22.0 Å². The molecule has 0 unspecified atom stereocenters. The van der Waals surface area contributed by atoms with Crippen molar-refractivity contribution in [3.63, 3.8) is 0 Å². The number of fused-ring (bicyclic) bond motifs is 1. The Morgan fingerprint density at radius 2 is 1.60 bits per heavy atom. The summed E-state index contributed by atoms with van der Waals surface area (Å²) in [6, 6.07) is 30.2. The zero-order valence-electron chi connectivity index (χ0n) is 33.2. The first-order valence-corrected chi connectivity index (χ1v) is 19.6. The maximum atomic E-state index is 12.8. The van der Waals surface area contributed by atoms with Gasteiger partial charge in [-0.1, -0.05) is 80.6 Å². The number of aliphatic hydroxyl groups is 1. The molecule has 0 radical (unpaired) electrons. The zero-order valence-corrected chi connectivity index (χ0v) is 33.2. The van der Waals surface area contributed by atoms with Crippen molar-refractivity contribution in [3.8, 4) is 16.9 Å². The molecule has 58 heavy (non-hydrogen) atoms. The Morgan fingerprint density at radius 3 is 2.34 bits per heavy atom. The van der Waals surface area contributed by atoms with Gasteiger partial charge in [-0.15, -0.1) is 0 Å². The van der Waals surface area contributed by atoms with E-state index in [2.05, 4.69) is 31.2 Å². The largest absolute Gasteiger partial charge is 0.506 e. The quantitative estimate of drug-likeness (QED) is 0.0626. The number of H-pyrrole nitrogens is 1. The van der Waals surface area contributed by atoms with Gasteiger partial charge in [-0.25, -0.2) is 9.59 Å². The number of hydrogen-bond acceptors (Lipinski definition) is 9. The standard InChI is InChI=1S/C42H47N7O7.C2H6/c1-48(39(53)21-24-49-22-19-31(20-23-49)56-42(55)46-35-10-6-5-9-32(35)29-7-3-2-4-8-29)27-44-41(54)45-30-13-11-28(12-14-30)25-43-26-37(51)33-15-17-36(50)40-34(33)16-18-38(52)47-40;1-2/h2-18,31,37,43,50-51H,19-27H2,1H3,(H,46,55)(H,47,52)(H2,44,45,54);1-2H3/t37-;/m0./s1. The Bertz CT molecular complexity index is 2170. The SMILES string of the molecule is CC.CN(CNC(=O)Nc1ccc(CNC[C@H](O)c2ccc(O)c3[nH]c(=O)ccc23)cc1)C(=O)CCN1CCC(OC(=O)Nc2ccccc2-c2ccccc2)CC1. The second-order valence-corrected chi connectivity index (χ2v) is 13.7. The lowest BCUT2D eigenvalue weighted by Crippen LogP contribution is -2.43. The van der Waals surface area contributed by atoms with Crippen LogP contribution in [-0.4, -0.2) is 89.0 Å². The van der Waals surface area contributed by atoms with Crippen molar-refractivity contribution in [1.82, 2.24) is 25.4 Å². The molecule has 1 atom stereocenters. The van der Waals surface area contributed by atoms with Gasteiger partial charge in [0, 0.05) is 68.9 Å². The van der Waals surface area contributed by atoms with Gasteiger partial charge in [0.2, 0.25) is 11.5 Å². The van der Waals surface area contributed by atoms with E-state index >= 15 is 0 Å². The van der Waals surface area contributed by atoms with Gasteiger partial charge in [-0.3, -0.25) is 14.9 Å². The van der Waals surface area contributed by atoms with Crippen LogP contribution in [0, 0.1) is 0 Å². The van der Waals surface area contributed by atoms with Crippen molar-refractivity contribution in [2.24, 2.45) is 0 Å². The van der Waals surface area contributed by atoms with E-state index in [9.17, 15) is 29.4 Å². The van der Waals surface area contributed by atoms with Gasteiger partial charge < -0.3 is 45.7 Å². The molecular weight excluding hydrogens is 739 g/mol. The lowest BCUT2D eigenvalue weighted by Gasteiger charge is -2.31. The number of likely N-dealkylation sites (tertiary alicyclic amines) is 1. The van der Waals surface area contributed by atoms with Crippen LogP contribution < -0.4 is 26.8 Å². The van der Waals surface area contributed by atoms with Crippen LogP contribution in [-0.2, 0) is 16.1 Å². The van der Waals surface area contributed by atoms with Crippen LogP contribution in [0.3, 0.4) is 0 Å². The van der Waals surface area contributed by atoms with E-state index in [4.69, 9.17) is 4.74 Å². The predicted molar refractivity (Wildman–Crippen MR) is 227 cm³/mol. The number of aromatic amines is 1. The lowest BCUT2D eigenvalue weighted by atomic mass is 10.0. The van der Waals surface area contributed by atoms with E-state index in [1.807, 2.05) is 80.6 Å². The van der Waals surface area contributed by atoms with Crippen molar-refractivity contribution >= 4 is 40.3 Å². The fourth-order valence-corrected chi connectivity index (χ4v) is 6.62. The second-order valence-electron chi connectivity index (χ2n) is 13.7. The van der Waals surface area contributed by atoms with Crippen LogP contribution in [0.15, 0.2) is 108 Å². The number of nitrogens with zero attached hydrogens (tertiary/aromatic N) is 2. The molecule has 7 N–H and O–H groups in total. The van der Waals surface area contributed by atoms with Gasteiger partial charge in [-0.2, -0.15) is 0 Å². The van der Waals surface area contributed by atoms with Gasteiger partial charge in [0.1, 0.15) is 11.9 Å². The number of para-hydroxylation sites is 1. The Balaban J connectivity index is 0.00000315. The van der Waals surface area contributed by atoms with Crippen LogP contribution in [0.2, 0.25) is 0 Å². The minimum Gasteiger partial charge on any atom is -0.506 e. The summed E-state index contributed by atoms with van der Waals surface area (Å²) in [5.41, 5.74) is 4.62. The second kappa shape index (κ2) is 21.3. The van der Waals surface area contributed by atoms with Gasteiger partial charge in [0.25, 0.3) is 0 Å². The Kier molecular flexibility index (Phi) is 15.8.